The number of benzene rings is 1. The highest BCUT2D eigenvalue weighted by molar-refractivity contribution is 5.30. The Morgan fingerprint density at radius 1 is 1.32 bits per heavy atom. The first-order valence-electron chi connectivity index (χ1n) is 7.14. The molecule has 3 nitrogen and oxygen atoms in total. The van der Waals surface area contributed by atoms with E-state index in [2.05, 4.69) is 36.9 Å². The molecule has 0 aliphatic carbocycles. The molecule has 106 valence electrons. The molecule has 2 atom stereocenters. The zero-order valence-corrected chi connectivity index (χ0v) is 12.3. The van der Waals surface area contributed by atoms with Crippen LogP contribution in [0, 0.1) is 13.8 Å². The second kappa shape index (κ2) is 5.61. The Morgan fingerprint density at radius 2 is 1.95 bits per heavy atom. The smallest absolute Gasteiger partial charge is 0.0758 e. The van der Waals surface area contributed by atoms with E-state index in [0.29, 0.717) is 0 Å². The van der Waals surface area contributed by atoms with Crippen molar-refractivity contribution in [2.24, 2.45) is 5.73 Å². The molecule has 1 aromatic carbocycles. The molecule has 1 aliphatic heterocycles. The molecule has 1 aliphatic rings. The molecular weight excluding hydrogens is 236 g/mol. The van der Waals surface area contributed by atoms with Crippen molar-refractivity contribution in [1.29, 1.82) is 0 Å². The highest BCUT2D eigenvalue weighted by Gasteiger charge is 2.30. The van der Waals surface area contributed by atoms with E-state index >= 15 is 0 Å². The van der Waals surface area contributed by atoms with Crippen LogP contribution in [-0.2, 0) is 0 Å². The second-order valence-corrected chi connectivity index (χ2v) is 6.34. The normalized spacial score (nSPS) is 25.7. The minimum Gasteiger partial charge on any atom is -0.389 e. The zero-order chi connectivity index (χ0) is 14.0. The largest absolute Gasteiger partial charge is 0.389 e. The van der Waals surface area contributed by atoms with Crippen LogP contribution in [0.15, 0.2) is 18.2 Å². The lowest BCUT2D eigenvalue weighted by molar-refractivity contribution is 0.0684. The van der Waals surface area contributed by atoms with E-state index in [0.717, 1.165) is 32.5 Å². The number of β-amino-alcohol motifs (C(OH)–C–C–N with tert-alkyl or cyclic N) is 1. The van der Waals surface area contributed by atoms with Gasteiger partial charge in [0, 0.05) is 25.7 Å². The van der Waals surface area contributed by atoms with Gasteiger partial charge in [-0.2, -0.15) is 0 Å². The van der Waals surface area contributed by atoms with Gasteiger partial charge in [0.05, 0.1) is 5.60 Å². The maximum atomic E-state index is 9.95. The first-order chi connectivity index (χ1) is 8.85. The Morgan fingerprint density at radius 3 is 2.47 bits per heavy atom. The quantitative estimate of drug-likeness (QED) is 0.874. The van der Waals surface area contributed by atoms with E-state index in [1.165, 1.54) is 16.7 Å². The van der Waals surface area contributed by atoms with E-state index in [1.807, 2.05) is 6.92 Å². The summed E-state index contributed by atoms with van der Waals surface area (Å²) in [7, 11) is 0. The first-order valence-corrected chi connectivity index (χ1v) is 7.14. The molecule has 0 amide bonds. The number of nitrogens with zero attached hydrogens (tertiary/aromatic N) is 1. The Hall–Kier alpha value is -0.900. The number of hydrogen-bond donors (Lipinski definition) is 2. The average molecular weight is 262 g/mol. The molecule has 1 heterocycles. The SMILES string of the molecule is Cc1cc(C)cc(C(N)CCN2CCC(C)(O)C2)c1. The molecule has 19 heavy (non-hydrogen) atoms. The van der Waals surface area contributed by atoms with Gasteiger partial charge in [0.2, 0.25) is 0 Å². The predicted molar refractivity (Wildman–Crippen MR) is 79.1 cm³/mol. The van der Waals surface area contributed by atoms with Crippen LogP contribution >= 0.6 is 0 Å². The highest BCUT2D eigenvalue weighted by atomic mass is 16.3. The number of rotatable bonds is 4. The Bertz CT molecular complexity index is 422. The minimum atomic E-state index is -0.510. The standard InChI is InChI=1S/C16H26N2O/c1-12-8-13(2)10-14(9-12)15(17)4-6-18-7-5-16(3,19)11-18/h8-10,15,19H,4-7,11,17H2,1-3H3. The van der Waals surface area contributed by atoms with Crippen molar-refractivity contribution in [3.05, 3.63) is 34.9 Å². The van der Waals surface area contributed by atoms with Crippen molar-refractivity contribution in [2.75, 3.05) is 19.6 Å². The molecule has 1 aromatic rings. The van der Waals surface area contributed by atoms with Gasteiger partial charge in [0.15, 0.2) is 0 Å². The molecule has 0 bridgehead atoms. The topological polar surface area (TPSA) is 49.5 Å². The van der Waals surface area contributed by atoms with Crippen LogP contribution in [0.4, 0.5) is 0 Å². The average Bonchev–Trinajstić information content (AvgIpc) is 2.64. The van der Waals surface area contributed by atoms with Gasteiger partial charge in [-0.1, -0.05) is 29.3 Å². The second-order valence-electron chi connectivity index (χ2n) is 6.34. The molecule has 3 heteroatoms. The lowest BCUT2D eigenvalue weighted by Crippen LogP contribution is -2.31. The van der Waals surface area contributed by atoms with Crippen molar-refractivity contribution in [3.63, 3.8) is 0 Å². The van der Waals surface area contributed by atoms with Gasteiger partial charge >= 0.3 is 0 Å². The Kier molecular flexibility index (Phi) is 4.29. The van der Waals surface area contributed by atoms with Gasteiger partial charge in [0.1, 0.15) is 0 Å². The molecule has 2 unspecified atom stereocenters. The van der Waals surface area contributed by atoms with Crippen LogP contribution in [0.25, 0.3) is 0 Å². The zero-order valence-electron chi connectivity index (χ0n) is 12.3. The summed E-state index contributed by atoms with van der Waals surface area (Å²) in [5.74, 6) is 0. The summed E-state index contributed by atoms with van der Waals surface area (Å²) in [6, 6.07) is 6.62. The summed E-state index contributed by atoms with van der Waals surface area (Å²) in [4.78, 5) is 2.31. The third kappa shape index (κ3) is 4.03. The van der Waals surface area contributed by atoms with Crippen LogP contribution in [0.1, 0.15) is 42.5 Å². The van der Waals surface area contributed by atoms with Gasteiger partial charge in [-0.15, -0.1) is 0 Å². The third-order valence-corrected chi connectivity index (χ3v) is 3.96. The first kappa shape index (κ1) is 14.5. The summed E-state index contributed by atoms with van der Waals surface area (Å²) in [6.45, 7) is 8.85. The maximum absolute atomic E-state index is 9.95. The van der Waals surface area contributed by atoms with E-state index in [4.69, 9.17) is 5.73 Å². The number of aryl methyl sites for hydroxylation is 2. The predicted octanol–water partition coefficient (Wildman–Crippen LogP) is 2.15. The monoisotopic (exact) mass is 262 g/mol. The Labute approximate surface area is 116 Å². The molecule has 3 N–H and O–H groups in total. The maximum Gasteiger partial charge on any atom is 0.0758 e. The number of aliphatic hydroxyl groups is 1. The number of likely N-dealkylation sites (tertiary alicyclic amines) is 1. The van der Waals surface area contributed by atoms with Gasteiger partial charge in [-0.05, 0) is 39.2 Å². The van der Waals surface area contributed by atoms with Crippen LogP contribution in [-0.4, -0.2) is 35.2 Å². The van der Waals surface area contributed by atoms with Crippen LogP contribution in [0.3, 0.4) is 0 Å². The van der Waals surface area contributed by atoms with Gasteiger partial charge < -0.3 is 15.7 Å². The van der Waals surface area contributed by atoms with Crippen molar-refractivity contribution in [2.45, 2.75) is 45.3 Å². The highest BCUT2D eigenvalue weighted by Crippen LogP contribution is 2.23. The van der Waals surface area contributed by atoms with Gasteiger partial charge in [-0.3, -0.25) is 0 Å². The molecule has 0 aromatic heterocycles. The Balaban J connectivity index is 1.89. The summed E-state index contributed by atoms with van der Waals surface area (Å²) in [6.07, 6.45) is 1.81. The van der Waals surface area contributed by atoms with E-state index < -0.39 is 5.60 Å². The lowest BCUT2D eigenvalue weighted by atomic mass is 10.00. The third-order valence-electron chi connectivity index (χ3n) is 3.96. The molecular formula is C16H26N2O. The number of nitrogens with two attached hydrogens (primary N) is 1. The lowest BCUT2D eigenvalue weighted by Gasteiger charge is -2.21. The molecule has 0 saturated carbocycles. The van der Waals surface area contributed by atoms with Gasteiger partial charge in [0.25, 0.3) is 0 Å². The van der Waals surface area contributed by atoms with E-state index in [-0.39, 0.29) is 6.04 Å². The van der Waals surface area contributed by atoms with Crippen molar-refractivity contribution >= 4 is 0 Å². The van der Waals surface area contributed by atoms with Crippen molar-refractivity contribution < 1.29 is 5.11 Å². The van der Waals surface area contributed by atoms with Gasteiger partial charge in [-0.25, -0.2) is 0 Å². The van der Waals surface area contributed by atoms with E-state index in [1.54, 1.807) is 0 Å². The summed E-state index contributed by atoms with van der Waals surface area (Å²) in [5.41, 5.74) is 9.55. The van der Waals surface area contributed by atoms with Crippen LogP contribution in [0.5, 0.6) is 0 Å². The fraction of sp³-hybridized carbons (Fsp3) is 0.625. The minimum absolute atomic E-state index is 0.0872. The van der Waals surface area contributed by atoms with Crippen molar-refractivity contribution in [3.8, 4) is 0 Å². The summed E-state index contributed by atoms with van der Waals surface area (Å²) < 4.78 is 0. The molecule has 2 rings (SSSR count). The molecule has 0 spiro atoms. The van der Waals surface area contributed by atoms with Crippen LogP contribution < -0.4 is 5.73 Å². The molecule has 1 fully saturated rings. The van der Waals surface area contributed by atoms with Crippen LogP contribution in [0.2, 0.25) is 0 Å². The molecule has 1 saturated heterocycles. The fourth-order valence-corrected chi connectivity index (χ4v) is 2.94. The summed E-state index contributed by atoms with van der Waals surface area (Å²) >= 11 is 0. The van der Waals surface area contributed by atoms with Crippen molar-refractivity contribution in [1.82, 2.24) is 4.90 Å². The fourth-order valence-electron chi connectivity index (χ4n) is 2.94. The molecule has 0 radical (unpaired) electrons. The summed E-state index contributed by atoms with van der Waals surface area (Å²) in [5, 5.41) is 9.95. The number of hydrogen-bond acceptors (Lipinski definition) is 3. The van der Waals surface area contributed by atoms with E-state index in [9.17, 15) is 5.11 Å².